The van der Waals surface area contributed by atoms with Gasteiger partial charge < -0.3 is 0 Å². The van der Waals surface area contributed by atoms with Gasteiger partial charge in [-0.1, -0.05) is 146 Å². The van der Waals surface area contributed by atoms with Gasteiger partial charge in [-0.3, -0.25) is 0 Å². The molecule has 1 aromatic heterocycles. The minimum Gasteiger partial charge on any atom is -0.237 e. The van der Waals surface area contributed by atoms with Gasteiger partial charge in [0.05, 0.1) is 6.54 Å². The zero-order valence-electron chi connectivity index (χ0n) is 24.8. The lowest BCUT2D eigenvalue weighted by molar-refractivity contribution is -0.697. The van der Waals surface area contributed by atoms with Crippen LogP contribution in [0.5, 0.6) is 0 Å². The molecule has 0 fully saturated rings. The molecule has 0 radical (unpaired) electrons. The molecule has 0 bridgehead atoms. The van der Waals surface area contributed by atoms with E-state index < -0.39 is 0 Å². The number of hydrogen-bond donors (Lipinski definition) is 0. The van der Waals surface area contributed by atoms with Crippen LogP contribution in [-0.4, -0.2) is 4.57 Å². The minimum absolute atomic E-state index is 0.0190. The van der Waals surface area contributed by atoms with E-state index in [4.69, 9.17) is 0 Å². The first-order valence-electron chi connectivity index (χ1n) is 15.8. The van der Waals surface area contributed by atoms with Crippen LogP contribution in [0.15, 0.2) is 79.4 Å². The highest BCUT2D eigenvalue weighted by molar-refractivity contribution is 5.30. The van der Waals surface area contributed by atoms with E-state index in [0.717, 1.165) is 13.0 Å². The monoisotopic (exact) mass is 515 g/mol. The number of imidazole rings is 1. The molecule has 2 nitrogen and oxygen atoms in total. The molecule has 0 amide bonds. The Hall–Kier alpha value is -2.35. The molecule has 2 heteroatoms. The van der Waals surface area contributed by atoms with Crippen LogP contribution in [0, 0.1) is 0 Å². The van der Waals surface area contributed by atoms with Gasteiger partial charge in [0.15, 0.2) is 0 Å². The maximum absolute atomic E-state index is 2.53. The zero-order valence-corrected chi connectivity index (χ0v) is 24.8. The first-order valence-corrected chi connectivity index (χ1v) is 15.8. The highest BCUT2D eigenvalue weighted by atomic mass is 15.1. The van der Waals surface area contributed by atoms with E-state index in [1.54, 1.807) is 0 Å². The van der Waals surface area contributed by atoms with Crippen molar-refractivity contribution in [2.45, 2.75) is 135 Å². The van der Waals surface area contributed by atoms with Crippen molar-refractivity contribution in [1.82, 2.24) is 4.57 Å². The fourth-order valence-corrected chi connectivity index (χ4v) is 6.13. The van der Waals surface area contributed by atoms with Crippen LogP contribution < -0.4 is 4.57 Å². The van der Waals surface area contributed by atoms with Crippen LogP contribution in [0.4, 0.5) is 0 Å². The lowest BCUT2D eigenvalue weighted by atomic mass is 9.70. The molecule has 2 atom stereocenters. The van der Waals surface area contributed by atoms with Crippen molar-refractivity contribution in [3.63, 3.8) is 0 Å². The minimum atomic E-state index is 0.0190. The Kier molecular flexibility index (Phi) is 13.7. The predicted molar refractivity (Wildman–Crippen MR) is 164 cm³/mol. The number of hydrogen-bond acceptors (Lipinski definition) is 0. The standard InChI is InChI=1S/C36H55N2/c1-4-6-8-9-10-11-12-13-14-15-22-28-37-29-30-38(32-37)35(27-7-5-2)36(3,34-25-20-17-21-26-34)31-33-23-18-16-19-24-33/h16-21,23-26,29-30,32,35H,4-15,22,27-28,31H2,1-3H3/q+1. The quantitative estimate of drug-likeness (QED) is 0.105. The Bertz CT molecular complexity index is 977. The summed E-state index contributed by atoms with van der Waals surface area (Å²) in [6.45, 7) is 8.23. The van der Waals surface area contributed by atoms with Crippen LogP contribution in [0.1, 0.15) is 128 Å². The Labute approximate surface area is 234 Å². The van der Waals surface area contributed by atoms with E-state index in [1.807, 2.05) is 0 Å². The fraction of sp³-hybridized carbons (Fsp3) is 0.583. The number of aryl methyl sites for hydroxylation is 1. The molecule has 1 heterocycles. The van der Waals surface area contributed by atoms with Gasteiger partial charge >= 0.3 is 0 Å². The topological polar surface area (TPSA) is 8.81 Å². The van der Waals surface area contributed by atoms with Crippen molar-refractivity contribution in [2.24, 2.45) is 0 Å². The fourth-order valence-electron chi connectivity index (χ4n) is 6.13. The summed E-state index contributed by atoms with van der Waals surface area (Å²) in [6, 6.07) is 22.7. The molecule has 0 aliphatic rings. The molecular weight excluding hydrogens is 460 g/mol. The zero-order chi connectivity index (χ0) is 26.9. The van der Waals surface area contributed by atoms with Crippen molar-refractivity contribution >= 4 is 0 Å². The van der Waals surface area contributed by atoms with Crippen molar-refractivity contribution in [1.29, 1.82) is 0 Å². The summed E-state index contributed by atoms with van der Waals surface area (Å²) in [5.74, 6) is 0. The summed E-state index contributed by atoms with van der Waals surface area (Å²) >= 11 is 0. The lowest BCUT2D eigenvalue weighted by Gasteiger charge is -2.36. The Morgan fingerprint density at radius 1 is 0.684 bits per heavy atom. The third kappa shape index (κ3) is 9.75. The number of rotatable bonds is 20. The van der Waals surface area contributed by atoms with Gasteiger partial charge in [-0.15, -0.1) is 0 Å². The predicted octanol–water partition coefficient (Wildman–Crippen LogP) is 10.0. The van der Waals surface area contributed by atoms with E-state index in [1.165, 1.54) is 101 Å². The molecule has 2 aromatic carbocycles. The summed E-state index contributed by atoms with van der Waals surface area (Å²) in [5, 5.41) is 0. The molecular formula is C36H55N2+. The molecule has 0 spiro atoms. The molecule has 208 valence electrons. The van der Waals surface area contributed by atoms with Gasteiger partial charge in [0, 0.05) is 5.41 Å². The van der Waals surface area contributed by atoms with E-state index >= 15 is 0 Å². The average Bonchev–Trinajstić information content (AvgIpc) is 3.41. The van der Waals surface area contributed by atoms with Crippen molar-refractivity contribution in [3.05, 3.63) is 90.5 Å². The third-order valence-electron chi connectivity index (χ3n) is 8.51. The molecule has 2 unspecified atom stereocenters. The number of nitrogens with zero attached hydrogens (tertiary/aromatic N) is 2. The highest BCUT2D eigenvalue weighted by Gasteiger charge is 2.40. The van der Waals surface area contributed by atoms with Gasteiger partial charge in [0.25, 0.3) is 0 Å². The number of benzene rings is 2. The molecule has 38 heavy (non-hydrogen) atoms. The van der Waals surface area contributed by atoms with Gasteiger partial charge in [-0.05, 0) is 43.2 Å². The Morgan fingerprint density at radius 2 is 1.24 bits per heavy atom. The van der Waals surface area contributed by atoms with Crippen LogP contribution in [-0.2, 0) is 18.4 Å². The molecule has 0 saturated carbocycles. The number of aromatic nitrogens is 2. The van der Waals surface area contributed by atoms with Gasteiger partial charge in [-0.2, -0.15) is 0 Å². The number of unbranched alkanes of at least 4 members (excludes halogenated alkanes) is 11. The van der Waals surface area contributed by atoms with Crippen LogP contribution >= 0.6 is 0 Å². The largest absolute Gasteiger partial charge is 0.244 e. The summed E-state index contributed by atoms with van der Waals surface area (Å²) in [5.41, 5.74) is 2.88. The molecule has 0 aliphatic carbocycles. The summed E-state index contributed by atoms with van der Waals surface area (Å²) < 4.78 is 4.96. The molecule has 3 rings (SSSR count). The van der Waals surface area contributed by atoms with Crippen LogP contribution in [0.25, 0.3) is 0 Å². The van der Waals surface area contributed by atoms with Gasteiger partial charge in [0.2, 0.25) is 6.33 Å². The third-order valence-corrected chi connectivity index (χ3v) is 8.51. The van der Waals surface area contributed by atoms with E-state index in [2.05, 4.69) is 109 Å². The van der Waals surface area contributed by atoms with Crippen LogP contribution in [0.3, 0.4) is 0 Å². The normalized spacial score (nSPS) is 13.9. The first-order chi connectivity index (χ1) is 18.7. The SMILES string of the molecule is CCCCCCCCCCCCC[n+]1ccn(C(CCCC)C(C)(Cc2ccccc2)c2ccccc2)c1. The van der Waals surface area contributed by atoms with E-state index in [0.29, 0.717) is 6.04 Å². The average molecular weight is 516 g/mol. The first kappa shape index (κ1) is 30.2. The van der Waals surface area contributed by atoms with Gasteiger partial charge in [-0.25, -0.2) is 9.13 Å². The summed E-state index contributed by atoms with van der Waals surface area (Å²) in [6.07, 6.45) is 27.1. The second-order valence-electron chi connectivity index (χ2n) is 11.7. The second-order valence-corrected chi connectivity index (χ2v) is 11.7. The molecule has 3 aromatic rings. The second kappa shape index (κ2) is 17.3. The summed E-state index contributed by atoms with van der Waals surface area (Å²) in [4.78, 5) is 0. The highest BCUT2D eigenvalue weighted by Crippen LogP contribution is 2.41. The lowest BCUT2D eigenvalue weighted by Crippen LogP contribution is -2.38. The van der Waals surface area contributed by atoms with E-state index in [-0.39, 0.29) is 5.41 Å². The smallest absolute Gasteiger partial charge is 0.237 e. The van der Waals surface area contributed by atoms with Crippen molar-refractivity contribution in [2.75, 3.05) is 0 Å². The van der Waals surface area contributed by atoms with Crippen molar-refractivity contribution < 1.29 is 4.57 Å². The summed E-state index contributed by atoms with van der Waals surface area (Å²) in [7, 11) is 0. The Balaban J connectivity index is 1.59. The molecule has 0 aliphatic heterocycles. The molecule has 0 saturated heterocycles. The van der Waals surface area contributed by atoms with Crippen molar-refractivity contribution in [3.8, 4) is 0 Å². The van der Waals surface area contributed by atoms with Crippen LogP contribution in [0.2, 0.25) is 0 Å². The van der Waals surface area contributed by atoms with Gasteiger partial charge in [0.1, 0.15) is 18.4 Å². The maximum Gasteiger partial charge on any atom is 0.244 e. The Morgan fingerprint density at radius 3 is 1.84 bits per heavy atom. The van der Waals surface area contributed by atoms with E-state index in [9.17, 15) is 0 Å². The molecule has 0 N–H and O–H groups in total. The maximum atomic E-state index is 2.53.